The number of H-pyrrole nitrogens is 1. The van der Waals surface area contributed by atoms with Crippen LogP contribution in [0.25, 0.3) is 0 Å². The summed E-state index contributed by atoms with van der Waals surface area (Å²) in [4.78, 5) is 15.9. The van der Waals surface area contributed by atoms with Crippen LogP contribution in [-0.4, -0.2) is 10.8 Å². The van der Waals surface area contributed by atoms with Gasteiger partial charge in [0.15, 0.2) is 5.78 Å². The summed E-state index contributed by atoms with van der Waals surface area (Å²) in [7, 11) is 0. The van der Waals surface area contributed by atoms with E-state index in [0.717, 1.165) is 5.69 Å². The van der Waals surface area contributed by atoms with Gasteiger partial charge in [-0.1, -0.05) is 12.1 Å². The number of rotatable bonds is 5. The first kappa shape index (κ1) is 16.6. The van der Waals surface area contributed by atoms with Gasteiger partial charge < -0.3 is 21.2 Å². The van der Waals surface area contributed by atoms with Gasteiger partial charge in [0, 0.05) is 17.3 Å². The summed E-state index contributed by atoms with van der Waals surface area (Å²) in [6, 6.07) is 15.9. The number of nitrogens with two attached hydrogens (primary N) is 2. The minimum atomic E-state index is -0.545. The van der Waals surface area contributed by atoms with Crippen molar-refractivity contribution in [1.29, 1.82) is 0 Å². The van der Waals surface area contributed by atoms with Gasteiger partial charge in [-0.25, -0.2) is 0 Å². The van der Waals surface area contributed by atoms with E-state index in [9.17, 15) is 4.79 Å². The number of anilines is 2. The number of hydrogen-bond acceptors (Lipinski definition) is 4. The fraction of sp³-hybridized carbons (Fsp3) is 0.150. The van der Waals surface area contributed by atoms with Crippen molar-refractivity contribution in [2.75, 3.05) is 11.5 Å². The number of ether oxygens (including phenoxy) is 1. The third-order valence-electron chi connectivity index (χ3n) is 4.06. The maximum absolute atomic E-state index is 12.7. The highest BCUT2D eigenvalue weighted by Gasteiger charge is 2.24. The molecule has 0 unspecified atom stereocenters. The van der Waals surface area contributed by atoms with Gasteiger partial charge in [-0.2, -0.15) is 0 Å². The summed E-state index contributed by atoms with van der Waals surface area (Å²) in [6.07, 6.45) is 1.85. The fourth-order valence-electron chi connectivity index (χ4n) is 2.64. The summed E-state index contributed by atoms with van der Waals surface area (Å²) in [6.45, 7) is 3.93. The second kappa shape index (κ2) is 6.36. The number of hydrogen-bond donors (Lipinski definition) is 3. The Morgan fingerprint density at radius 3 is 2.40 bits per heavy atom. The molecular formula is C20H21N3O2. The van der Waals surface area contributed by atoms with Crippen LogP contribution in [0.15, 0.2) is 60.8 Å². The van der Waals surface area contributed by atoms with E-state index < -0.39 is 5.60 Å². The van der Waals surface area contributed by atoms with Crippen LogP contribution >= 0.6 is 0 Å². The van der Waals surface area contributed by atoms with Gasteiger partial charge >= 0.3 is 0 Å². The van der Waals surface area contributed by atoms with Gasteiger partial charge in [-0.3, -0.25) is 4.79 Å². The van der Waals surface area contributed by atoms with E-state index >= 15 is 0 Å². The quantitative estimate of drug-likeness (QED) is 0.489. The van der Waals surface area contributed by atoms with E-state index in [-0.39, 0.29) is 5.78 Å². The molecule has 0 spiro atoms. The summed E-state index contributed by atoms with van der Waals surface area (Å²) in [5.41, 5.74) is 13.8. The van der Waals surface area contributed by atoms with E-state index in [1.165, 1.54) is 0 Å². The summed E-state index contributed by atoms with van der Waals surface area (Å²) < 4.78 is 6.09. The van der Waals surface area contributed by atoms with Gasteiger partial charge in [0.05, 0.1) is 17.1 Å². The monoisotopic (exact) mass is 335 g/mol. The molecular weight excluding hydrogens is 314 g/mol. The number of nitrogen functional groups attached to an aromatic ring is 2. The minimum Gasteiger partial charge on any atom is -0.482 e. The van der Waals surface area contributed by atoms with E-state index in [1.807, 2.05) is 38.2 Å². The van der Waals surface area contributed by atoms with Crippen molar-refractivity contribution in [3.63, 3.8) is 0 Å². The largest absolute Gasteiger partial charge is 0.482 e. The van der Waals surface area contributed by atoms with Crippen molar-refractivity contribution in [1.82, 2.24) is 4.98 Å². The van der Waals surface area contributed by atoms with Crippen LogP contribution in [0, 0.1) is 0 Å². The average molecular weight is 335 g/mol. The molecule has 128 valence electrons. The minimum absolute atomic E-state index is 0.130. The zero-order valence-electron chi connectivity index (χ0n) is 14.2. The van der Waals surface area contributed by atoms with Gasteiger partial charge in [0.25, 0.3) is 0 Å². The maximum Gasteiger partial charge on any atom is 0.193 e. The smallest absolute Gasteiger partial charge is 0.193 e. The van der Waals surface area contributed by atoms with Crippen LogP contribution in [0.2, 0.25) is 0 Å². The maximum atomic E-state index is 12.7. The van der Waals surface area contributed by atoms with Crippen molar-refractivity contribution in [2.24, 2.45) is 0 Å². The first-order valence-corrected chi connectivity index (χ1v) is 7.99. The zero-order valence-corrected chi connectivity index (χ0v) is 14.2. The molecule has 0 fully saturated rings. The van der Waals surface area contributed by atoms with Crippen LogP contribution < -0.4 is 16.2 Å². The molecule has 3 rings (SSSR count). The molecule has 0 radical (unpaired) electrons. The van der Waals surface area contributed by atoms with Crippen molar-refractivity contribution < 1.29 is 9.53 Å². The van der Waals surface area contributed by atoms with Crippen molar-refractivity contribution in [3.05, 3.63) is 77.6 Å². The molecule has 5 nitrogen and oxygen atoms in total. The molecule has 0 aliphatic heterocycles. The number of carbonyl (C=O) groups is 1. The third kappa shape index (κ3) is 3.50. The molecule has 0 saturated heterocycles. The Morgan fingerprint density at radius 2 is 1.72 bits per heavy atom. The predicted molar refractivity (Wildman–Crippen MR) is 99.6 cm³/mol. The number of carbonyl (C=O) groups excluding carboxylic acids is 1. The Balaban J connectivity index is 1.86. The lowest BCUT2D eigenvalue weighted by molar-refractivity contribution is 0.101. The normalized spacial score (nSPS) is 11.3. The van der Waals surface area contributed by atoms with E-state index in [2.05, 4.69) is 4.98 Å². The van der Waals surface area contributed by atoms with Gasteiger partial charge in [0.1, 0.15) is 11.4 Å². The second-order valence-corrected chi connectivity index (χ2v) is 6.40. The SMILES string of the molecule is CC(C)(Oc1cccc(C(=O)c2ccc(N)c(N)c2)c1)c1ccc[nH]1. The lowest BCUT2D eigenvalue weighted by atomic mass is 10.0. The zero-order chi connectivity index (χ0) is 18.0. The molecule has 0 amide bonds. The van der Waals surface area contributed by atoms with Gasteiger partial charge in [0.2, 0.25) is 0 Å². The Labute approximate surface area is 146 Å². The van der Waals surface area contributed by atoms with Crippen molar-refractivity contribution in [3.8, 4) is 5.75 Å². The summed E-state index contributed by atoms with van der Waals surface area (Å²) >= 11 is 0. The van der Waals surface area contributed by atoms with Crippen molar-refractivity contribution in [2.45, 2.75) is 19.4 Å². The first-order valence-electron chi connectivity index (χ1n) is 7.99. The van der Waals surface area contributed by atoms with E-state index in [1.54, 1.807) is 36.4 Å². The first-order chi connectivity index (χ1) is 11.9. The Morgan fingerprint density at radius 1 is 0.960 bits per heavy atom. The molecule has 5 N–H and O–H groups in total. The number of aromatic amines is 1. The Bertz CT molecular complexity index is 899. The molecule has 1 heterocycles. The predicted octanol–water partition coefficient (Wildman–Crippen LogP) is 3.72. The molecule has 2 aromatic carbocycles. The topological polar surface area (TPSA) is 94.1 Å². The molecule has 25 heavy (non-hydrogen) atoms. The highest BCUT2D eigenvalue weighted by atomic mass is 16.5. The Kier molecular flexibility index (Phi) is 4.23. The highest BCUT2D eigenvalue weighted by molar-refractivity contribution is 6.10. The van der Waals surface area contributed by atoms with Gasteiger partial charge in [-0.05, 0) is 56.3 Å². The summed E-state index contributed by atoms with van der Waals surface area (Å²) in [5, 5.41) is 0. The van der Waals surface area contributed by atoms with Crippen LogP contribution in [0.1, 0.15) is 35.5 Å². The molecule has 0 aliphatic carbocycles. The third-order valence-corrected chi connectivity index (χ3v) is 4.06. The second-order valence-electron chi connectivity index (χ2n) is 6.40. The van der Waals surface area contributed by atoms with E-state index in [4.69, 9.17) is 16.2 Å². The number of nitrogens with one attached hydrogen (secondary N) is 1. The number of aromatic nitrogens is 1. The lowest BCUT2D eigenvalue weighted by Gasteiger charge is -2.25. The molecule has 1 aromatic heterocycles. The summed E-state index contributed by atoms with van der Waals surface area (Å²) in [5.74, 6) is 0.490. The van der Waals surface area contributed by atoms with Crippen LogP contribution in [-0.2, 0) is 5.60 Å². The average Bonchev–Trinajstić information content (AvgIpc) is 3.12. The molecule has 3 aromatic rings. The van der Waals surface area contributed by atoms with Crippen LogP contribution in [0.5, 0.6) is 5.75 Å². The van der Waals surface area contributed by atoms with Gasteiger partial charge in [-0.15, -0.1) is 0 Å². The fourth-order valence-corrected chi connectivity index (χ4v) is 2.64. The molecule has 0 aliphatic rings. The molecule has 0 saturated carbocycles. The Hall–Kier alpha value is -3.21. The standard InChI is InChI=1S/C20H21N3O2/c1-20(2,18-7-4-10-23-18)25-15-6-3-5-13(11-15)19(24)14-8-9-16(21)17(22)12-14/h3-12,23H,21-22H2,1-2H3. The highest BCUT2D eigenvalue weighted by Crippen LogP contribution is 2.28. The van der Waals surface area contributed by atoms with Crippen LogP contribution in [0.3, 0.4) is 0 Å². The molecule has 5 heteroatoms. The number of benzene rings is 2. The molecule has 0 atom stereocenters. The number of ketones is 1. The van der Waals surface area contributed by atoms with Crippen LogP contribution in [0.4, 0.5) is 11.4 Å². The molecule has 0 bridgehead atoms. The van der Waals surface area contributed by atoms with E-state index in [0.29, 0.717) is 28.3 Å². The van der Waals surface area contributed by atoms with Crippen molar-refractivity contribution >= 4 is 17.2 Å². The lowest BCUT2D eigenvalue weighted by Crippen LogP contribution is -2.25.